The second-order valence-corrected chi connectivity index (χ2v) is 4.61. The van der Waals surface area contributed by atoms with Crippen LogP contribution in [0.25, 0.3) is 0 Å². The molecule has 0 aliphatic heterocycles. The molecule has 3 nitrogen and oxygen atoms in total. The van der Waals surface area contributed by atoms with Crippen LogP contribution in [0.1, 0.15) is 16.7 Å². The summed E-state index contributed by atoms with van der Waals surface area (Å²) in [7, 11) is 0. The Morgan fingerprint density at radius 1 is 1.24 bits per heavy atom. The number of benzene rings is 1. The highest BCUT2D eigenvalue weighted by atomic mass is 35.5. The van der Waals surface area contributed by atoms with E-state index in [-0.39, 0.29) is 11.7 Å². The van der Waals surface area contributed by atoms with Gasteiger partial charge in [0.2, 0.25) is 0 Å². The Balaban J connectivity index is 2.14. The highest BCUT2D eigenvalue weighted by Gasteiger charge is 2.30. The normalized spacial score (nSPS) is 11.0. The molecule has 0 amide bonds. The van der Waals surface area contributed by atoms with Gasteiger partial charge in [0.25, 0.3) is 0 Å². The molecule has 0 unspecified atom stereocenters. The number of hydrogen-bond donors (Lipinski definition) is 1. The van der Waals surface area contributed by atoms with Crippen LogP contribution in [0.4, 0.5) is 19.0 Å². The molecule has 0 saturated carbocycles. The molecule has 2 rings (SSSR count). The van der Waals surface area contributed by atoms with E-state index in [0.717, 1.165) is 12.1 Å². The van der Waals surface area contributed by atoms with Crippen LogP contribution in [0, 0.1) is 11.3 Å². The highest BCUT2D eigenvalue weighted by Crippen LogP contribution is 2.29. The van der Waals surface area contributed by atoms with Gasteiger partial charge in [0, 0.05) is 6.54 Å². The number of halogens is 4. The van der Waals surface area contributed by atoms with Crippen LogP contribution in [-0.2, 0) is 12.7 Å². The summed E-state index contributed by atoms with van der Waals surface area (Å²) < 4.78 is 37.8. The maximum absolute atomic E-state index is 12.6. The standard InChI is InChI=1S/C14H9ClF3N3/c15-12-5-10(7-19)6-13(21-12)20-8-9-2-1-3-11(4-9)14(16,17)18/h1-6H,8H2,(H,20,21). The van der Waals surface area contributed by atoms with E-state index in [1.165, 1.54) is 18.2 Å². The molecule has 0 radical (unpaired) electrons. The van der Waals surface area contributed by atoms with Crippen molar-refractivity contribution in [1.29, 1.82) is 5.26 Å². The Morgan fingerprint density at radius 3 is 2.67 bits per heavy atom. The first kappa shape index (κ1) is 15.1. The number of aromatic nitrogens is 1. The zero-order chi connectivity index (χ0) is 15.5. The van der Waals surface area contributed by atoms with E-state index in [2.05, 4.69) is 10.3 Å². The molecule has 0 atom stereocenters. The molecule has 0 bridgehead atoms. The summed E-state index contributed by atoms with van der Waals surface area (Å²) >= 11 is 5.74. The van der Waals surface area contributed by atoms with E-state index < -0.39 is 11.7 Å². The van der Waals surface area contributed by atoms with Gasteiger partial charge in [0.1, 0.15) is 11.0 Å². The van der Waals surface area contributed by atoms with Gasteiger partial charge in [0.05, 0.1) is 17.2 Å². The lowest BCUT2D eigenvalue weighted by atomic mass is 10.1. The third-order valence-corrected chi connectivity index (χ3v) is 2.84. The summed E-state index contributed by atoms with van der Waals surface area (Å²) in [6, 6.07) is 9.77. The van der Waals surface area contributed by atoms with E-state index in [0.29, 0.717) is 16.9 Å². The summed E-state index contributed by atoms with van der Waals surface area (Å²) in [4.78, 5) is 3.95. The molecule has 2 aromatic rings. The second-order valence-electron chi connectivity index (χ2n) is 4.23. The smallest absolute Gasteiger partial charge is 0.366 e. The fraction of sp³-hybridized carbons (Fsp3) is 0.143. The maximum Gasteiger partial charge on any atom is 0.416 e. The minimum Gasteiger partial charge on any atom is -0.366 e. The number of pyridine rings is 1. The lowest BCUT2D eigenvalue weighted by Gasteiger charge is -2.10. The van der Waals surface area contributed by atoms with Gasteiger partial charge in [-0.3, -0.25) is 0 Å². The van der Waals surface area contributed by atoms with E-state index in [1.807, 2.05) is 6.07 Å². The first-order valence-corrected chi connectivity index (χ1v) is 6.24. The van der Waals surface area contributed by atoms with Gasteiger partial charge in [-0.15, -0.1) is 0 Å². The lowest BCUT2D eigenvalue weighted by molar-refractivity contribution is -0.137. The number of nitriles is 1. The van der Waals surface area contributed by atoms with Crippen LogP contribution in [-0.4, -0.2) is 4.98 Å². The monoisotopic (exact) mass is 311 g/mol. The van der Waals surface area contributed by atoms with Crippen LogP contribution in [0.3, 0.4) is 0 Å². The summed E-state index contributed by atoms with van der Waals surface area (Å²) in [6.07, 6.45) is -4.38. The van der Waals surface area contributed by atoms with Crippen molar-refractivity contribution in [2.24, 2.45) is 0 Å². The molecule has 1 aromatic carbocycles. The topological polar surface area (TPSA) is 48.7 Å². The van der Waals surface area contributed by atoms with E-state index >= 15 is 0 Å². The summed E-state index contributed by atoms with van der Waals surface area (Å²) in [5.74, 6) is 0.330. The van der Waals surface area contributed by atoms with Gasteiger partial charge in [-0.05, 0) is 29.8 Å². The van der Waals surface area contributed by atoms with E-state index in [4.69, 9.17) is 16.9 Å². The molecule has 0 saturated heterocycles. The molecule has 0 fully saturated rings. The van der Waals surface area contributed by atoms with Crippen molar-refractivity contribution in [2.75, 3.05) is 5.32 Å². The Kier molecular flexibility index (Phi) is 4.34. The van der Waals surface area contributed by atoms with Gasteiger partial charge in [0.15, 0.2) is 0 Å². The molecule has 1 heterocycles. The SMILES string of the molecule is N#Cc1cc(Cl)nc(NCc2cccc(C(F)(F)F)c2)c1. The zero-order valence-corrected chi connectivity index (χ0v) is 11.3. The molecular weight excluding hydrogens is 303 g/mol. The highest BCUT2D eigenvalue weighted by molar-refractivity contribution is 6.29. The molecule has 0 aliphatic carbocycles. The van der Waals surface area contributed by atoms with Crippen molar-refractivity contribution in [2.45, 2.75) is 12.7 Å². The molecule has 7 heteroatoms. The molecule has 0 spiro atoms. The Hall–Kier alpha value is -2.26. The minimum atomic E-state index is -4.38. The third kappa shape index (κ3) is 4.10. The number of anilines is 1. The van der Waals surface area contributed by atoms with E-state index in [1.54, 1.807) is 6.07 Å². The first-order valence-electron chi connectivity index (χ1n) is 5.86. The van der Waals surface area contributed by atoms with Crippen molar-refractivity contribution in [3.8, 4) is 6.07 Å². The van der Waals surface area contributed by atoms with Gasteiger partial charge >= 0.3 is 6.18 Å². The lowest BCUT2D eigenvalue weighted by Crippen LogP contribution is -2.07. The van der Waals surface area contributed by atoms with Gasteiger partial charge in [-0.25, -0.2) is 4.98 Å². The fourth-order valence-electron chi connectivity index (χ4n) is 1.70. The van der Waals surface area contributed by atoms with Crippen LogP contribution < -0.4 is 5.32 Å². The maximum atomic E-state index is 12.6. The molecule has 108 valence electrons. The van der Waals surface area contributed by atoms with Gasteiger partial charge in [-0.1, -0.05) is 23.7 Å². The molecular formula is C14H9ClF3N3. The van der Waals surface area contributed by atoms with Gasteiger partial charge in [-0.2, -0.15) is 18.4 Å². The molecule has 1 N–H and O–H groups in total. The Morgan fingerprint density at radius 2 is 2.00 bits per heavy atom. The predicted octanol–water partition coefficient (Wildman–Crippen LogP) is 4.24. The molecule has 0 aliphatic rings. The van der Waals surface area contributed by atoms with Crippen molar-refractivity contribution < 1.29 is 13.2 Å². The van der Waals surface area contributed by atoms with Crippen molar-refractivity contribution in [3.63, 3.8) is 0 Å². The van der Waals surface area contributed by atoms with Gasteiger partial charge < -0.3 is 5.32 Å². The fourth-order valence-corrected chi connectivity index (χ4v) is 1.91. The quantitative estimate of drug-likeness (QED) is 0.863. The Bertz CT molecular complexity index is 693. The van der Waals surface area contributed by atoms with E-state index in [9.17, 15) is 13.2 Å². The van der Waals surface area contributed by atoms with Crippen LogP contribution in [0.2, 0.25) is 5.15 Å². The summed E-state index contributed by atoms with van der Waals surface area (Å²) in [6.45, 7) is 0.141. The number of alkyl halides is 3. The first-order chi connectivity index (χ1) is 9.88. The van der Waals surface area contributed by atoms with Crippen molar-refractivity contribution in [1.82, 2.24) is 4.98 Å². The van der Waals surface area contributed by atoms with Crippen molar-refractivity contribution >= 4 is 17.4 Å². The number of rotatable bonds is 3. The largest absolute Gasteiger partial charge is 0.416 e. The summed E-state index contributed by atoms with van der Waals surface area (Å²) in [5, 5.41) is 11.8. The van der Waals surface area contributed by atoms with Crippen LogP contribution in [0.5, 0.6) is 0 Å². The second kappa shape index (κ2) is 6.02. The average molecular weight is 312 g/mol. The Labute approximate surface area is 124 Å². The predicted molar refractivity (Wildman–Crippen MR) is 72.7 cm³/mol. The number of nitrogens with zero attached hydrogens (tertiary/aromatic N) is 2. The molecule has 21 heavy (non-hydrogen) atoms. The number of nitrogens with one attached hydrogen (secondary N) is 1. The minimum absolute atomic E-state index is 0.139. The third-order valence-electron chi connectivity index (χ3n) is 2.65. The average Bonchev–Trinajstić information content (AvgIpc) is 2.44. The zero-order valence-electron chi connectivity index (χ0n) is 10.6. The van der Waals surface area contributed by atoms with Crippen LogP contribution >= 0.6 is 11.6 Å². The van der Waals surface area contributed by atoms with Crippen LogP contribution in [0.15, 0.2) is 36.4 Å². The summed E-state index contributed by atoms with van der Waals surface area (Å²) in [5.41, 5.74) is 0.0604. The number of hydrogen-bond acceptors (Lipinski definition) is 3. The van der Waals surface area contributed by atoms with Crippen molar-refractivity contribution in [3.05, 3.63) is 58.2 Å². The molecule has 1 aromatic heterocycles.